The molecule has 1 aliphatic carbocycles. The number of hydrogen-bond acceptors (Lipinski definition) is 5. The van der Waals surface area contributed by atoms with Crippen molar-refractivity contribution in [3.8, 4) is 11.1 Å². The summed E-state index contributed by atoms with van der Waals surface area (Å²) in [5.41, 5.74) is 7.42. The Labute approximate surface area is 222 Å². The summed E-state index contributed by atoms with van der Waals surface area (Å²) in [5.74, 6) is -0.433. The van der Waals surface area contributed by atoms with E-state index in [9.17, 15) is 19.8 Å². The number of aldehydes is 1. The van der Waals surface area contributed by atoms with Gasteiger partial charge in [-0.3, -0.25) is 9.59 Å². The first kappa shape index (κ1) is 25.1. The number of allylic oxidation sites excluding steroid dienone is 2. The Hall–Kier alpha value is -4.58. The van der Waals surface area contributed by atoms with Crippen molar-refractivity contribution in [2.24, 2.45) is 0 Å². The molecule has 6 nitrogen and oxygen atoms in total. The lowest BCUT2D eigenvalue weighted by Gasteiger charge is -2.32. The maximum atomic E-state index is 12.9. The van der Waals surface area contributed by atoms with E-state index >= 15 is 0 Å². The quantitative estimate of drug-likeness (QED) is 0.339. The lowest BCUT2D eigenvalue weighted by Crippen LogP contribution is -2.30. The van der Waals surface area contributed by atoms with Gasteiger partial charge >= 0.3 is 0 Å². The molecule has 0 saturated heterocycles. The Morgan fingerprint density at radius 3 is 2.66 bits per heavy atom. The number of aliphatic hydroxyl groups is 2. The molecule has 0 saturated carbocycles. The maximum absolute atomic E-state index is 12.9. The molecule has 0 bridgehead atoms. The van der Waals surface area contributed by atoms with Gasteiger partial charge in [0.25, 0.3) is 5.91 Å². The monoisotopic (exact) mass is 506 g/mol. The minimum absolute atomic E-state index is 0.0824. The predicted octanol–water partition coefficient (Wildman–Crippen LogP) is 6.06. The molecule has 0 aromatic heterocycles. The summed E-state index contributed by atoms with van der Waals surface area (Å²) in [6, 6.07) is 21.8. The number of rotatable bonds is 7. The zero-order chi connectivity index (χ0) is 26.5. The highest BCUT2D eigenvalue weighted by atomic mass is 16.3. The molecule has 0 radical (unpaired) electrons. The zero-order valence-electron chi connectivity index (χ0n) is 21.1. The summed E-state index contributed by atoms with van der Waals surface area (Å²) in [6.45, 7) is 1.96. The van der Waals surface area contributed by atoms with Gasteiger partial charge in [-0.1, -0.05) is 60.7 Å². The Kier molecular flexibility index (Phi) is 7.40. The summed E-state index contributed by atoms with van der Waals surface area (Å²) in [4.78, 5) is 26.6. The number of fused-ring (bicyclic) bond motifs is 1. The third kappa shape index (κ3) is 5.54. The number of nitrogens with one attached hydrogen (secondary N) is 1. The molecule has 3 N–H and O–H groups in total. The van der Waals surface area contributed by atoms with E-state index in [1.54, 1.807) is 12.2 Å². The number of aryl methyl sites for hydroxylation is 1. The van der Waals surface area contributed by atoms with Crippen LogP contribution in [-0.2, 0) is 13.0 Å². The van der Waals surface area contributed by atoms with Crippen molar-refractivity contribution in [3.05, 3.63) is 124 Å². The minimum Gasteiger partial charge on any atom is -0.508 e. The molecule has 0 spiro atoms. The predicted molar refractivity (Wildman–Crippen MR) is 150 cm³/mol. The standard InChI is InChI=1S/C32H30N2O4/c35-21-27-6-1-2-8-28(27)24-12-10-22(11-13-24)20-34-16-4-7-25-18-26(14-15-29(25)34)32(38)33-19-23-5-3-9-30(36)31(37)17-23/h1-3,5-6,8,10-15,17-18,21,36-37H,4,7,9,16,19-20H2,(H,33,38). The van der Waals surface area contributed by atoms with Crippen molar-refractivity contribution < 1.29 is 19.8 Å². The van der Waals surface area contributed by atoms with Crippen LogP contribution in [0.15, 0.2) is 102 Å². The van der Waals surface area contributed by atoms with Crippen LogP contribution in [-0.4, -0.2) is 35.5 Å². The Morgan fingerprint density at radius 2 is 1.84 bits per heavy atom. The van der Waals surface area contributed by atoms with E-state index in [2.05, 4.69) is 34.5 Å². The van der Waals surface area contributed by atoms with Crippen LogP contribution in [0.2, 0.25) is 0 Å². The van der Waals surface area contributed by atoms with E-state index in [1.807, 2.05) is 42.5 Å². The lowest BCUT2D eigenvalue weighted by molar-refractivity contribution is 0.0956. The van der Waals surface area contributed by atoms with E-state index in [0.717, 1.165) is 54.6 Å². The number of carbonyl (C=O) groups is 2. The van der Waals surface area contributed by atoms with Gasteiger partial charge in [-0.15, -0.1) is 0 Å². The van der Waals surface area contributed by atoms with Gasteiger partial charge in [0.15, 0.2) is 12.0 Å². The molecular formula is C32H30N2O4. The van der Waals surface area contributed by atoms with Gasteiger partial charge in [0, 0.05) is 42.9 Å². The normalized spacial score (nSPS) is 14.9. The zero-order valence-corrected chi connectivity index (χ0v) is 21.1. The first-order valence-electron chi connectivity index (χ1n) is 12.8. The van der Waals surface area contributed by atoms with Crippen LogP contribution in [0.1, 0.15) is 44.7 Å². The van der Waals surface area contributed by atoms with Crippen molar-refractivity contribution >= 4 is 17.9 Å². The number of anilines is 1. The van der Waals surface area contributed by atoms with Gasteiger partial charge in [0.1, 0.15) is 5.76 Å². The molecule has 38 heavy (non-hydrogen) atoms. The van der Waals surface area contributed by atoms with Crippen molar-refractivity contribution in [3.63, 3.8) is 0 Å². The smallest absolute Gasteiger partial charge is 0.251 e. The molecule has 6 heteroatoms. The molecule has 5 rings (SSSR count). The highest BCUT2D eigenvalue weighted by molar-refractivity contribution is 5.95. The topological polar surface area (TPSA) is 89.9 Å². The molecule has 0 fully saturated rings. The number of nitrogens with zero attached hydrogens (tertiary/aromatic N) is 1. The summed E-state index contributed by atoms with van der Waals surface area (Å²) >= 11 is 0. The molecule has 3 aromatic rings. The van der Waals surface area contributed by atoms with Gasteiger partial charge in [0.2, 0.25) is 0 Å². The largest absolute Gasteiger partial charge is 0.508 e. The van der Waals surface area contributed by atoms with Gasteiger partial charge in [-0.25, -0.2) is 0 Å². The fourth-order valence-corrected chi connectivity index (χ4v) is 4.98. The average Bonchev–Trinajstić information content (AvgIpc) is 3.11. The van der Waals surface area contributed by atoms with Gasteiger partial charge in [-0.05, 0) is 64.9 Å². The van der Waals surface area contributed by atoms with E-state index in [0.29, 0.717) is 16.7 Å². The first-order valence-corrected chi connectivity index (χ1v) is 12.8. The first-order chi connectivity index (χ1) is 18.5. The Balaban J connectivity index is 1.26. The van der Waals surface area contributed by atoms with Gasteiger partial charge in [-0.2, -0.15) is 0 Å². The van der Waals surface area contributed by atoms with E-state index < -0.39 is 0 Å². The van der Waals surface area contributed by atoms with Gasteiger partial charge in [0.05, 0.1) is 0 Å². The number of benzene rings is 3. The molecule has 1 aliphatic heterocycles. The van der Waals surface area contributed by atoms with Crippen LogP contribution in [0.4, 0.5) is 5.69 Å². The highest BCUT2D eigenvalue weighted by Gasteiger charge is 2.19. The van der Waals surface area contributed by atoms with Crippen LogP contribution in [0, 0.1) is 0 Å². The summed E-state index contributed by atoms with van der Waals surface area (Å²) in [6.07, 6.45) is 8.09. The molecule has 0 atom stereocenters. The number of amides is 1. The number of hydrogen-bond donors (Lipinski definition) is 3. The highest BCUT2D eigenvalue weighted by Crippen LogP contribution is 2.30. The SMILES string of the molecule is O=Cc1ccccc1-c1ccc(CN2CCCc3cc(C(=O)NCC4=CC(O)=C(O)CC=C4)ccc32)cc1. The maximum Gasteiger partial charge on any atom is 0.251 e. The van der Waals surface area contributed by atoms with E-state index in [4.69, 9.17) is 0 Å². The summed E-state index contributed by atoms with van der Waals surface area (Å²) in [7, 11) is 0. The molecular weight excluding hydrogens is 476 g/mol. The average molecular weight is 507 g/mol. The third-order valence-electron chi connectivity index (χ3n) is 7.00. The van der Waals surface area contributed by atoms with Crippen LogP contribution in [0.25, 0.3) is 11.1 Å². The number of aliphatic hydroxyl groups excluding tert-OH is 2. The molecule has 0 unspecified atom stereocenters. The fraction of sp³-hybridized carbons (Fsp3) is 0.188. The van der Waals surface area contributed by atoms with Crippen LogP contribution in [0.3, 0.4) is 0 Å². The lowest BCUT2D eigenvalue weighted by atomic mass is 9.97. The van der Waals surface area contributed by atoms with Crippen molar-refractivity contribution in [1.29, 1.82) is 0 Å². The summed E-state index contributed by atoms with van der Waals surface area (Å²) in [5, 5.41) is 22.4. The van der Waals surface area contributed by atoms with E-state index in [-0.39, 0.29) is 30.4 Å². The fourth-order valence-electron chi connectivity index (χ4n) is 4.98. The number of carbonyl (C=O) groups excluding carboxylic acids is 2. The molecule has 1 amide bonds. The Bertz CT molecular complexity index is 1450. The van der Waals surface area contributed by atoms with Crippen molar-refractivity contribution in [2.45, 2.75) is 25.8 Å². The van der Waals surface area contributed by atoms with Crippen LogP contribution in [0.5, 0.6) is 0 Å². The second-order valence-electron chi connectivity index (χ2n) is 9.61. The van der Waals surface area contributed by atoms with Crippen LogP contribution >= 0.6 is 0 Å². The van der Waals surface area contributed by atoms with Crippen molar-refractivity contribution in [2.75, 3.05) is 18.0 Å². The minimum atomic E-state index is -0.178. The molecule has 3 aromatic carbocycles. The van der Waals surface area contributed by atoms with Crippen LogP contribution < -0.4 is 10.2 Å². The summed E-state index contributed by atoms with van der Waals surface area (Å²) < 4.78 is 0. The molecule has 1 heterocycles. The van der Waals surface area contributed by atoms with Gasteiger partial charge < -0.3 is 20.4 Å². The van der Waals surface area contributed by atoms with Crippen molar-refractivity contribution in [1.82, 2.24) is 5.32 Å². The Morgan fingerprint density at radius 1 is 1.03 bits per heavy atom. The second-order valence-corrected chi connectivity index (χ2v) is 9.61. The molecule has 2 aliphatic rings. The molecule has 192 valence electrons. The second kappa shape index (κ2) is 11.2. The third-order valence-corrected chi connectivity index (χ3v) is 7.00. The van der Waals surface area contributed by atoms with E-state index in [1.165, 1.54) is 11.6 Å².